The van der Waals surface area contributed by atoms with Crippen LogP contribution in [0, 0.1) is 0 Å². The van der Waals surface area contributed by atoms with Crippen LogP contribution in [0.5, 0.6) is 0 Å². The van der Waals surface area contributed by atoms with Crippen molar-refractivity contribution in [1.29, 1.82) is 0 Å². The summed E-state index contributed by atoms with van der Waals surface area (Å²) in [5.41, 5.74) is 0. The molecule has 2 saturated heterocycles. The molecule has 2 fully saturated rings. The molecular weight excluding hydrogens is 272 g/mol. The maximum absolute atomic E-state index is 11.4. The fourth-order valence-corrected chi connectivity index (χ4v) is 4.29. The third kappa shape index (κ3) is 3.55. The zero-order valence-electron chi connectivity index (χ0n) is 11.7. The molecule has 3 heterocycles. The SMILES string of the molecule is O=S1CCC(NC2CCN(c3ncccn3)CC2)CC1. The van der Waals surface area contributed by atoms with E-state index in [0.29, 0.717) is 12.1 Å². The molecule has 0 saturated carbocycles. The lowest BCUT2D eigenvalue weighted by Gasteiger charge is -2.35. The van der Waals surface area contributed by atoms with Crippen molar-refractivity contribution in [3.8, 4) is 0 Å². The molecule has 2 aliphatic heterocycles. The molecule has 0 atom stereocenters. The van der Waals surface area contributed by atoms with Crippen molar-refractivity contribution in [3.05, 3.63) is 18.5 Å². The average Bonchev–Trinajstić information content (AvgIpc) is 2.51. The normalized spacial score (nSPS) is 28.5. The molecule has 2 aliphatic rings. The van der Waals surface area contributed by atoms with Crippen molar-refractivity contribution in [2.24, 2.45) is 0 Å². The lowest BCUT2D eigenvalue weighted by Crippen LogP contribution is -2.48. The van der Waals surface area contributed by atoms with Crippen LogP contribution in [0.4, 0.5) is 5.95 Å². The van der Waals surface area contributed by atoms with E-state index in [1.807, 2.05) is 6.07 Å². The van der Waals surface area contributed by atoms with Gasteiger partial charge in [-0.1, -0.05) is 0 Å². The quantitative estimate of drug-likeness (QED) is 0.899. The van der Waals surface area contributed by atoms with Crippen LogP contribution in [0.1, 0.15) is 25.7 Å². The van der Waals surface area contributed by atoms with Crippen LogP contribution in [0.2, 0.25) is 0 Å². The number of rotatable bonds is 3. The molecule has 110 valence electrons. The summed E-state index contributed by atoms with van der Waals surface area (Å²) >= 11 is 0. The Labute approximate surface area is 122 Å². The number of hydrogen-bond donors (Lipinski definition) is 1. The zero-order valence-corrected chi connectivity index (χ0v) is 12.5. The minimum atomic E-state index is -0.563. The van der Waals surface area contributed by atoms with Gasteiger partial charge in [0.1, 0.15) is 0 Å². The highest BCUT2D eigenvalue weighted by molar-refractivity contribution is 7.85. The van der Waals surface area contributed by atoms with Gasteiger partial charge in [-0.2, -0.15) is 0 Å². The van der Waals surface area contributed by atoms with Crippen molar-refractivity contribution in [1.82, 2.24) is 15.3 Å². The average molecular weight is 294 g/mol. The highest BCUT2D eigenvalue weighted by atomic mass is 32.2. The van der Waals surface area contributed by atoms with Gasteiger partial charge in [-0.05, 0) is 31.7 Å². The fourth-order valence-electron chi connectivity index (χ4n) is 2.99. The van der Waals surface area contributed by atoms with Crippen molar-refractivity contribution in [2.75, 3.05) is 29.5 Å². The molecule has 1 N–H and O–H groups in total. The van der Waals surface area contributed by atoms with Crippen LogP contribution in [0.3, 0.4) is 0 Å². The smallest absolute Gasteiger partial charge is 0.225 e. The van der Waals surface area contributed by atoms with Gasteiger partial charge < -0.3 is 10.2 Å². The second-order valence-electron chi connectivity index (χ2n) is 5.60. The molecule has 0 unspecified atom stereocenters. The molecule has 0 spiro atoms. The van der Waals surface area contributed by atoms with Crippen molar-refractivity contribution in [3.63, 3.8) is 0 Å². The topological polar surface area (TPSA) is 58.1 Å². The molecule has 20 heavy (non-hydrogen) atoms. The van der Waals surface area contributed by atoms with Gasteiger partial charge in [-0.15, -0.1) is 0 Å². The number of piperidine rings is 1. The van der Waals surface area contributed by atoms with E-state index in [9.17, 15) is 4.21 Å². The lowest BCUT2D eigenvalue weighted by molar-refractivity contribution is 0.350. The maximum Gasteiger partial charge on any atom is 0.225 e. The van der Waals surface area contributed by atoms with E-state index < -0.39 is 10.8 Å². The Morgan fingerprint density at radius 3 is 2.30 bits per heavy atom. The van der Waals surface area contributed by atoms with Crippen LogP contribution in [-0.2, 0) is 10.8 Å². The van der Waals surface area contributed by atoms with Crippen LogP contribution in [0.15, 0.2) is 18.5 Å². The molecule has 3 rings (SSSR count). The van der Waals surface area contributed by atoms with E-state index in [-0.39, 0.29) is 0 Å². The highest BCUT2D eigenvalue weighted by Gasteiger charge is 2.24. The van der Waals surface area contributed by atoms with Crippen LogP contribution in [0.25, 0.3) is 0 Å². The summed E-state index contributed by atoms with van der Waals surface area (Å²) in [6.45, 7) is 2.03. The summed E-state index contributed by atoms with van der Waals surface area (Å²) < 4.78 is 11.4. The van der Waals surface area contributed by atoms with Crippen molar-refractivity contribution >= 4 is 16.7 Å². The van der Waals surface area contributed by atoms with E-state index in [0.717, 1.165) is 56.2 Å². The summed E-state index contributed by atoms with van der Waals surface area (Å²) in [4.78, 5) is 10.9. The Balaban J connectivity index is 1.46. The predicted octanol–water partition coefficient (Wildman–Crippen LogP) is 0.946. The van der Waals surface area contributed by atoms with E-state index in [1.165, 1.54) is 0 Å². The molecular formula is C14H22N4OS. The Morgan fingerprint density at radius 1 is 1.05 bits per heavy atom. The second kappa shape index (κ2) is 6.63. The van der Waals surface area contributed by atoms with Crippen LogP contribution < -0.4 is 10.2 Å². The van der Waals surface area contributed by atoms with Gasteiger partial charge in [-0.3, -0.25) is 4.21 Å². The van der Waals surface area contributed by atoms with Gasteiger partial charge in [0.15, 0.2) is 0 Å². The molecule has 1 aromatic rings. The lowest BCUT2D eigenvalue weighted by atomic mass is 10.0. The van der Waals surface area contributed by atoms with E-state index >= 15 is 0 Å². The summed E-state index contributed by atoms with van der Waals surface area (Å²) in [7, 11) is -0.563. The molecule has 0 aliphatic carbocycles. The molecule has 0 aromatic carbocycles. The molecule has 5 nitrogen and oxygen atoms in total. The molecule has 0 bridgehead atoms. The Hall–Kier alpha value is -1.01. The first-order chi connectivity index (χ1) is 9.81. The summed E-state index contributed by atoms with van der Waals surface area (Å²) in [5, 5.41) is 3.75. The van der Waals surface area contributed by atoms with Crippen molar-refractivity contribution < 1.29 is 4.21 Å². The molecule has 0 radical (unpaired) electrons. The summed E-state index contributed by atoms with van der Waals surface area (Å²) in [6.07, 6.45) is 8.00. The largest absolute Gasteiger partial charge is 0.341 e. The first kappa shape index (κ1) is 13.9. The monoisotopic (exact) mass is 294 g/mol. The van der Waals surface area contributed by atoms with E-state index in [2.05, 4.69) is 20.2 Å². The summed E-state index contributed by atoms with van der Waals surface area (Å²) in [5.74, 6) is 2.59. The number of hydrogen-bond acceptors (Lipinski definition) is 5. The third-order valence-corrected chi connectivity index (χ3v) is 5.57. The van der Waals surface area contributed by atoms with Crippen LogP contribution in [-0.4, -0.2) is 50.9 Å². The third-order valence-electron chi connectivity index (χ3n) is 4.19. The first-order valence-electron chi connectivity index (χ1n) is 7.44. The van der Waals surface area contributed by atoms with Gasteiger partial charge in [0.25, 0.3) is 0 Å². The van der Waals surface area contributed by atoms with Crippen LogP contribution >= 0.6 is 0 Å². The number of anilines is 1. The van der Waals surface area contributed by atoms with Gasteiger partial charge in [0.2, 0.25) is 5.95 Å². The van der Waals surface area contributed by atoms with Gasteiger partial charge in [0.05, 0.1) is 0 Å². The highest BCUT2D eigenvalue weighted by Crippen LogP contribution is 2.18. The Bertz CT molecular complexity index is 438. The predicted molar refractivity (Wildman–Crippen MR) is 81.3 cm³/mol. The molecule has 0 amide bonds. The van der Waals surface area contributed by atoms with Crippen molar-refractivity contribution in [2.45, 2.75) is 37.8 Å². The van der Waals surface area contributed by atoms with E-state index in [4.69, 9.17) is 0 Å². The number of nitrogens with one attached hydrogen (secondary N) is 1. The number of nitrogens with zero attached hydrogens (tertiary/aromatic N) is 3. The Kier molecular flexibility index (Phi) is 4.62. The fraction of sp³-hybridized carbons (Fsp3) is 0.714. The maximum atomic E-state index is 11.4. The summed E-state index contributed by atoms with van der Waals surface area (Å²) in [6, 6.07) is 3.01. The second-order valence-corrected chi connectivity index (χ2v) is 7.30. The van der Waals surface area contributed by atoms with Gasteiger partial charge in [-0.25, -0.2) is 9.97 Å². The molecule has 1 aromatic heterocycles. The van der Waals surface area contributed by atoms with E-state index in [1.54, 1.807) is 12.4 Å². The standard InChI is InChI=1S/C14H22N4OS/c19-20-10-4-13(5-11-20)17-12-2-8-18(9-3-12)14-15-6-1-7-16-14/h1,6-7,12-13,17H,2-5,8-11H2. The Morgan fingerprint density at radius 2 is 1.65 bits per heavy atom. The number of aromatic nitrogens is 2. The minimum Gasteiger partial charge on any atom is -0.341 e. The zero-order chi connectivity index (χ0) is 13.8. The van der Waals surface area contributed by atoms with Gasteiger partial charge in [0, 0.05) is 59.9 Å². The minimum absolute atomic E-state index is 0.563. The van der Waals surface area contributed by atoms with Gasteiger partial charge >= 0.3 is 0 Å². The molecule has 6 heteroatoms. The first-order valence-corrected chi connectivity index (χ1v) is 8.93.